The molecule has 2 amide bonds. The van der Waals surface area contributed by atoms with Crippen LogP contribution in [0.15, 0.2) is 10.6 Å². The van der Waals surface area contributed by atoms with E-state index in [0.29, 0.717) is 17.5 Å². The highest BCUT2D eigenvalue weighted by Gasteiger charge is 2.09. The van der Waals surface area contributed by atoms with Crippen LogP contribution in [0.3, 0.4) is 0 Å². The zero-order valence-electron chi connectivity index (χ0n) is 10.9. The van der Waals surface area contributed by atoms with Crippen LogP contribution in [0.2, 0.25) is 0 Å². The van der Waals surface area contributed by atoms with E-state index < -0.39 is 0 Å². The van der Waals surface area contributed by atoms with E-state index in [4.69, 9.17) is 4.52 Å². The molecule has 5 nitrogen and oxygen atoms in total. The van der Waals surface area contributed by atoms with Crippen molar-refractivity contribution in [2.75, 3.05) is 5.32 Å². The summed E-state index contributed by atoms with van der Waals surface area (Å²) in [5, 5.41) is 9.18. The second kappa shape index (κ2) is 6.27. The Labute approximate surface area is 102 Å². The Hall–Kier alpha value is -1.52. The lowest BCUT2D eigenvalue weighted by atomic mass is 10.0. The average Bonchev–Trinajstić information content (AvgIpc) is 2.60. The number of hydrogen-bond acceptors (Lipinski definition) is 3. The Kier molecular flexibility index (Phi) is 5.00. The number of amides is 2. The quantitative estimate of drug-likeness (QED) is 0.830. The van der Waals surface area contributed by atoms with Gasteiger partial charge in [-0.25, -0.2) is 4.79 Å². The van der Waals surface area contributed by atoms with E-state index in [0.717, 1.165) is 12.8 Å². The fourth-order valence-electron chi connectivity index (χ4n) is 1.46. The van der Waals surface area contributed by atoms with Gasteiger partial charge in [-0.2, -0.15) is 0 Å². The molecule has 0 spiro atoms. The molecule has 1 rings (SSSR count). The standard InChI is InChI=1S/C12H21N3O2/c1-8(2)5-6-9(3)13-12(16)14-11-7-10(4)17-15-11/h7-9H,5-6H2,1-4H3,(H2,13,14,15,16)/t9-/m0/s1. The Morgan fingerprint density at radius 2 is 2.12 bits per heavy atom. The van der Waals surface area contributed by atoms with E-state index in [1.54, 1.807) is 13.0 Å². The summed E-state index contributed by atoms with van der Waals surface area (Å²) in [6, 6.07) is 1.60. The molecule has 0 aromatic carbocycles. The van der Waals surface area contributed by atoms with Crippen LogP contribution in [0, 0.1) is 12.8 Å². The van der Waals surface area contributed by atoms with E-state index in [1.165, 1.54) is 0 Å². The minimum Gasteiger partial charge on any atom is -0.360 e. The third-order valence-electron chi connectivity index (χ3n) is 2.42. The number of carbonyl (C=O) groups is 1. The first kappa shape index (κ1) is 13.5. The summed E-state index contributed by atoms with van der Waals surface area (Å²) >= 11 is 0. The number of rotatable bonds is 5. The minimum atomic E-state index is -0.241. The van der Waals surface area contributed by atoms with E-state index in [9.17, 15) is 4.79 Å². The maximum Gasteiger partial charge on any atom is 0.320 e. The number of anilines is 1. The number of nitrogens with zero attached hydrogens (tertiary/aromatic N) is 1. The lowest BCUT2D eigenvalue weighted by molar-refractivity contribution is 0.247. The average molecular weight is 239 g/mol. The molecule has 0 saturated carbocycles. The van der Waals surface area contributed by atoms with E-state index in [-0.39, 0.29) is 12.1 Å². The van der Waals surface area contributed by atoms with Gasteiger partial charge in [-0.3, -0.25) is 5.32 Å². The van der Waals surface area contributed by atoms with Crippen molar-refractivity contribution in [3.05, 3.63) is 11.8 Å². The lowest BCUT2D eigenvalue weighted by Crippen LogP contribution is -2.36. The highest BCUT2D eigenvalue weighted by Crippen LogP contribution is 2.08. The number of aryl methyl sites for hydroxylation is 1. The van der Waals surface area contributed by atoms with E-state index in [2.05, 4.69) is 29.6 Å². The molecule has 0 saturated heterocycles. The van der Waals surface area contributed by atoms with Crippen LogP contribution in [0.5, 0.6) is 0 Å². The van der Waals surface area contributed by atoms with Crippen molar-refractivity contribution < 1.29 is 9.32 Å². The van der Waals surface area contributed by atoms with Crippen molar-refractivity contribution in [3.8, 4) is 0 Å². The number of carbonyl (C=O) groups excluding carboxylic acids is 1. The number of aromatic nitrogens is 1. The molecule has 0 radical (unpaired) electrons. The molecule has 0 aliphatic rings. The Morgan fingerprint density at radius 3 is 2.65 bits per heavy atom. The predicted octanol–water partition coefficient (Wildman–Crippen LogP) is 2.93. The Morgan fingerprint density at radius 1 is 1.41 bits per heavy atom. The predicted molar refractivity (Wildman–Crippen MR) is 66.9 cm³/mol. The van der Waals surface area contributed by atoms with Crippen LogP contribution in [0.4, 0.5) is 10.6 Å². The Balaban J connectivity index is 2.29. The molecular weight excluding hydrogens is 218 g/mol. The second-order valence-electron chi connectivity index (χ2n) is 4.79. The van der Waals surface area contributed by atoms with Crippen LogP contribution < -0.4 is 10.6 Å². The second-order valence-corrected chi connectivity index (χ2v) is 4.79. The van der Waals surface area contributed by atoms with Gasteiger partial charge in [-0.15, -0.1) is 0 Å². The summed E-state index contributed by atoms with van der Waals surface area (Å²) in [4.78, 5) is 11.6. The lowest BCUT2D eigenvalue weighted by Gasteiger charge is -2.14. The van der Waals surface area contributed by atoms with Gasteiger partial charge < -0.3 is 9.84 Å². The minimum absolute atomic E-state index is 0.158. The van der Waals surface area contributed by atoms with Gasteiger partial charge in [0.1, 0.15) is 5.76 Å². The zero-order valence-corrected chi connectivity index (χ0v) is 10.9. The topological polar surface area (TPSA) is 67.2 Å². The van der Waals surface area contributed by atoms with Gasteiger partial charge in [0.25, 0.3) is 0 Å². The summed E-state index contributed by atoms with van der Waals surface area (Å²) < 4.78 is 4.86. The molecule has 0 fully saturated rings. The van der Waals surface area contributed by atoms with Gasteiger partial charge >= 0.3 is 6.03 Å². The molecule has 0 aliphatic carbocycles. The monoisotopic (exact) mass is 239 g/mol. The van der Waals surface area contributed by atoms with Gasteiger partial charge in [0.05, 0.1) is 0 Å². The van der Waals surface area contributed by atoms with E-state index in [1.807, 2.05) is 6.92 Å². The molecule has 1 heterocycles. The van der Waals surface area contributed by atoms with Gasteiger partial charge in [0.2, 0.25) is 0 Å². The molecule has 1 aromatic heterocycles. The molecule has 0 aliphatic heterocycles. The van der Waals surface area contributed by atoms with Crippen LogP contribution in [-0.2, 0) is 0 Å². The molecule has 0 bridgehead atoms. The maximum absolute atomic E-state index is 11.6. The Bertz CT molecular complexity index is 360. The molecule has 0 unspecified atom stereocenters. The molecular formula is C12H21N3O2. The van der Waals surface area contributed by atoms with Gasteiger partial charge in [0.15, 0.2) is 5.82 Å². The normalized spacial score (nSPS) is 12.5. The summed E-state index contributed by atoms with van der Waals surface area (Å²) in [5.41, 5.74) is 0. The van der Waals surface area contributed by atoms with Crippen molar-refractivity contribution in [1.82, 2.24) is 10.5 Å². The summed E-state index contributed by atoms with van der Waals surface area (Å²) in [6.07, 6.45) is 2.08. The number of nitrogens with one attached hydrogen (secondary N) is 2. The third-order valence-corrected chi connectivity index (χ3v) is 2.42. The van der Waals surface area contributed by atoms with Crippen molar-refractivity contribution in [2.45, 2.75) is 46.6 Å². The van der Waals surface area contributed by atoms with Crippen molar-refractivity contribution in [1.29, 1.82) is 0 Å². The van der Waals surface area contributed by atoms with E-state index >= 15 is 0 Å². The first-order valence-corrected chi connectivity index (χ1v) is 5.98. The van der Waals surface area contributed by atoms with Crippen molar-refractivity contribution >= 4 is 11.8 Å². The van der Waals surface area contributed by atoms with Crippen LogP contribution in [-0.4, -0.2) is 17.2 Å². The largest absolute Gasteiger partial charge is 0.360 e. The maximum atomic E-state index is 11.6. The van der Waals surface area contributed by atoms with Crippen molar-refractivity contribution in [2.24, 2.45) is 5.92 Å². The van der Waals surface area contributed by atoms with Gasteiger partial charge in [-0.1, -0.05) is 19.0 Å². The summed E-state index contributed by atoms with van der Waals surface area (Å²) in [7, 11) is 0. The summed E-state index contributed by atoms with van der Waals surface area (Å²) in [5.74, 6) is 1.77. The fraction of sp³-hybridized carbons (Fsp3) is 0.667. The van der Waals surface area contributed by atoms with Crippen molar-refractivity contribution in [3.63, 3.8) is 0 Å². The zero-order chi connectivity index (χ0) is 12.8. The summed E-state index contributed by atoms with van der Waals surface area (Å²) in [6.45, 7) is 8.12. The van der Waals surface area contributed by atoms with Crippen LogP contribution >= 0.6 is 0 Å². The SMILES string of the molecule is Cc1cc(NC(=O)N[C@@H](C)CCC(C)C)no1. The molecule has 1 atom stereocenters. The number of hydrogen-bond donors (Lipinski definition) is 2. The molecule has 5 heteroatoms. The number of urea groups is 1. The highest BCUT2D eigenvalue weighted by atomic mass is 16.5. The van der Waals surface area contributed by atoms with Crippen LogP contribution in [0.25, 0.3) is 0 Å². The smallest absolute Gasteiger partial charge is 0.320 e. The fourth-order valence-corrected chi connectivity index (χ4v) is 1.46. The first-order chi connectivity index (χ1) is 7.97. The molecule has 1 aromatic rings. The third kappa shape index (κ3) is 5.38. The highest BCUT2D eigenvalue weighted by molar-refractivity contribution is 5.88. The molecule has 17 heavy (non-hydrogen) atoms. The van der Waals surface area contributed by atoms with Crippen LogP contribution in [0.1, 0.15) is 39.4 Å². The van der Waals surface area contributed by atoms with Gasteiger partial charge in [-0.05, 0) is 32.6 Å². The molecule has 96 valence electrons. The first-order valence-electron chi connectivity index (χ1n) is 5.98. The molecule has 2 N–H and O–H groups in total. The van der Waals surface area contributed by atoms with Gasteiger partial charge in [0, 0.05) is 12.1 Å².